The first-order chi connectivity index (χ1) is 7.81. The zero-order valence-electron chi connectivity index (χ0n) is 8.72. The highest BCUT2D eigenvalue weighted by atomic mass is 16.4. The first kappa shape index (κ1) is 11.8. The first-order valence-electron chi connectivity index (χ1n) is 4.85. The Morgan fingerprint density at radius 3 is 2.31 bits per heavy atom. The van der Waals surface area contributed by atoms with E-state index in [0.29, 0.717) is 38.1 Å². The van der Waals surface area contributed by atoms with Crippen LogP contribution in [0.3, 0.4) is 0 Å². The van der Waals surface area contributed by atoms with Crippen LogP contribution in [0.4, 0.5) is 5.88 Å². The highest BCUT2D eigenvalue weighted by molar-refractivity contribution is 5.71. The molecule has 0 radical (unpaired) electrons. The Morgan fingerprint density at radius 1 is 1.25 bits per heavy atom. The van der Waals surface area contributed by atoms with E-state index in [1.54, 1.807) is 17.0 Å². The summed E-state index contributed by atoms with van der Waals surface area (Å²) in [5.41, 5.74) is 0. The maximum absolute atomic E-state index is 10.5. The van der Waals surface area contributed by atoms with Gasteiger partial charge in [0, 0.05) is 19.2 Å². The van der Waals surface area contributed by atoms with E-state index in [1.165, 1.54) is 0 Å². The molecule has 1 aromatic heterocycles. The van der Waals surface area contributed by atoms with Gasteiger partial charge in [-0.05, 0) is 6.07 Å². The average Bonchev–Trinajstić information content (AvgIpc) is 2.78. The van der Waals surface area contributed by atoms with Crippen molar-refractivity contribution in [1.29, 1.82) is 10.5 Å². The molecule has 0 unspecified atom stereocenters. The van der Waals surface area contributed by atoms with Gasteiger partial charge in [0.15, 0.2) is 17.9 Å². The van der Waals surface area contributed by atoms with Crippen molar-refractivity contribution < 1.29 is 9.21 Å². The number of carbonyl (C=O) groups is 1. The van der Waals surface area contributed by atoms with Gasteiger partial charge in [-0.3, -0.25) is 4.79 Å². The van der Waals surface area contributed by atoms with Crippen LogP contribution in [0, 0.1) is 22.7 Å². The SMILES string of the molecule is N#CCCN(CCC#N)c1ccc(C=O)o1. The van der Waals surface area contributed by atoms with E-state index >= 15 is 0 Å². The molecule has 16 heavy (non-hydrogen) atoms. The topological polar surface area (TPSA) is 81.0 Å². The third-order valence-corrected chi connectivity index (χ3v) is 2.03. The molecule has 0 spiro atoms. The molecule has 5 heteroatoms. The molecule has 82 valence electrons. The third-order valence-electron chi connectivity index (χ3n) is 2.03. The number of anilines is 1. The highest BCUT2D eigenvalue weighted by Crippen LogP contribution is 2.17. The van der Waals surface area contributed by atoms with Gasteiger partial charge in [-0.25, -0.2) is 0 Å². The molecule has 1 aromatic rings. The number of hydrogen-bond donors (Lipinski definition) is 0. The number of carbonyl (C=O) groups excluding carboxylic acids is 1. The predicted molar refractivity (Wildman–Crippen MR) is 56.8 cm³/mol. The van der Waals surface area contributed by atoms with Gasteiger partial charge in [0.25, 0.3) is 0 Å². The Bertz CT molecular complexity index is 407. The Morgan fingerprint density at radius 2 is 1.88 bits per heavy atom. The normalized spacial score (nSPS) is 9.12. The molecule has 0 aliphatic carbocycles. The van der Waals surface area contributed by atoms with Crippen molar-refractivity contribution in [1.82, 2.24) is 0 Å². The standard InChI is InChI=1S/C11H11N3O2/c12-5-1-7-14(8-2-6-13)11-4-3-10(9-15)16-11/h3-4,9H,1-2,7-8H2. The summed E-state index contributed by atoms with van der Waals surface area (Å²) in [6, 6.07) is 7.29. The van der Waals surface area contributed by atoms with Crippen LogP contribution in [-0.4, -0.2) is 19.4 Å². The molecule has 0 N–H and O–H groups in total. The second kappa shape index (κ2) is 6.26. The van der Waals surface area contributed by atoms with Gasteiger partial charge in [0.05, 0.1) is 25.0 Å². The zero-order chi connectivity index (χ0) is 11.8. The van der Waals surface area contributed by atoms with Gasteiger partial charge in [0.2, 0.25) is 0 Å². The summed E-state index contributed by atoms with van der Waals surface area (Å²) in [6.45, 7) is 0.980. The third kappa shape index (κ3) is 3.14. The number of nitrogens with zero attached hydrogens (tertiary/aromatic N) is 3. The van der Waals surface area contributed by atoms with E-state index in [1.807, 2.05) is 12.1 Å². The fraction of sp³-hybridized carbons (Fsp3) is 0.364. The van der Waals surface area contributed by atoms with E-state index in [-0.39, 0.29) is 5.76 Å². The summed E-state index contributed by atoms with van der Waals surface area (Å²) >= 11 is 0. The van der Waals surface area contributed by atoms with Crippen molar-refractivity contribution >= 4 is 12.2 Å². The quantitative estimate of drug-likeness (QED) is 0.677. The second-order valence-corrected chi connectivity index (χ2v) is 3.10. The number of nitriles is 2. The van der Waals surface area contributed by atoms with Crippen LogP contribution in [0.5, 0.6) is 0 Å². The molecule has 0 aromatic carbocycles. The number of rotatable bonds is 6. The van der Waals surface area contributed by atoms with Gasteiger partial charge < -0.3 is 9.32 Å². The van der Waals surface area contributed by atoms with Crippen molar-refractivity contribution in [3.8, 4) is 12.1 Å². The summed E-state index contributed by atoms with van der Waals surface area (Å²) in [4.78, 5) is 12.2. The minimum atomic E-state index is 0.244. The number of aldehydes is 1. The Kier molecular flexibility index (Phi) is 4.62. The van der Waals surface area contributed by atoms with E-state index < -0.39 is 0 Å². The van der Waals surface area contributed by atoms with Crippen LogP contribution in [0.25, 0.3) is 0 Å². The second-order valence-electron chi connectivity index (χ2n) is 3.10. The summed E-state index contributed by atoms with van der Waals surface area (Å²) in [5, 5.41) is 17.0. The molecule has 0 atom stereocenters. The van der Waals surface area contributed by atoms with Gasteiger partial charge in [-0.2, -0.15) is 10.5 Å². The summed E-state index contributed by atoms with van der Waals surface area (Å²) in [5.74, 6) is 0.765. The molecule has 1 heterocycles. The molecule has 0 saturated carbocycles. The van der Waals surface area contributed by atoms with E-state index in [0.717, 1.165) is 0 Å². The van der Waals surface area contributed by atoms with E-state index in [9.17, 15) is 4.79 Å². The number of furan rings is 1. The van der Waals surface area contributed by atoms with Gasteiger partial charge in [0.1, 0.15) is 0 Å². The minimum Gasteiger partial charge on any atom is -0.438 e. The van der Waals surface area contributed by atoms with Crippen molar-refractivity contribution in [3.05, 3.63) is 17.9 Å². The Balaban J connectivity index is 2.71. The predicted octanol–water partition coefficient (Wildman–Crippen LogP) is 1.73. The van der Waals surface area contributed by atoms with Crippen LogP contribution in [-0.2, 0) is 0 Å². The average molecular weight is 217 g/mol. The molecule has 0 aliphatic rings. The van der Waals surface area contributed by atoms with Crippen molar-refractivity contribution in [2.24, 2.45) is 0 Å². The molecule has 0 fully saturated rings. The van der Waals surface area contributed by atoms with Crippen LogP contribution in [0.2, 0.25) is 0 Å². The van der Waals surface area contributed by atoms with Gasteiger partial charge in [-0.15, -0.1) is 0 Å². The van der Waals surface area contributed by atoms with Crippen molar-refractivity contribution in [3.63, 3.8) is 0 Å². The fourth-order valence-corrected chi connectivity index (χ4v) is 1.28. The van der Waals surface area contributed by atoms with Crippen LogP contribution >= 0.6 is 0 Å². The van der Waals surface area contributed by atoms with Gasteiger partial charge in [-0.1, -0.05) is 0 Å². The summed E-state index contributed by atoms with van der Waals surface area (Å²) in [7, 11) is 0. The molecule has 1 rings (SSSR count). The summed E-state index contributed by atoms with van der Waals surface area (Å²) in [6.07, 6.45) is 1.32. The lowest BCUT2D eigenvalue weighted by Crippen LogP contribution is -2.24. The molecule has 0 saturated heterocycles. The maximum atomic E-state index is 10.5. The molecule has 0 bridgehead atoms. The molecular weight excluding hydrogens is 206 g/mol. The summed E-state index contributed by atoms with van der Waals surface area (Å²) < 4.78 is 5.23. The van der Waals surface area contributed by atoms with E-state index in [2.05, 4.69) is 0 Å². The lowest BCUT2D eigenvalue weighted by molar-refractivity contribution is 0.110. The Hall–Kier alpha value is -2.27. The number of hydrogen-bond acceptors (Lipinski definition) is 5. The van der Waals surface area contributed by atoms with Crippen molar-refractivity contribution in [2.75, 3.05) is 18.0 Å². The molecular formula is C11H11N3O2. The minimum absolute atomic E-state index is 0.244. The molecule has 0 amide bonds. The monoisotopic (exact) mass is 217 g/mol. The van der Waals surface area contributed by atoms with Crippen molar-refractivity contribution in [2.45, 2.75) is 12.8 Å². The van der Waals surface area contributed by atoms with Crippen LogP contribution < -0.4 is 4.90 Å². The molecule has 0 aliphatic heterocycles. The molecule has 5 nitrogen and oxygen atoms in total. The maximum Gasteiger partial charge on any atom is 0.196 e. The lowest BCUT2D eigenvalue weighted by atomic mass is 10.3. The van der Waals surface area contributed by atoms with Crippen LogP contribution in [0.1, 0.15) is 23.4 Å². The smallest absolute Gasteiger partial charge is 0.196 e. The van der Waals surface area contributed by atoms with E-state index in [4.69, 9.17) is 14.9 Å². The van der Waals surface area contributed by atoms with Crippen LogP contribution in [0.15, 0.2) is 16.5 Å². The van der Waals surface area contributed by atoms with Gasteiger partial charge >= 0.3 is 0 Å². The highest BCUT2D eigenvalue weighted by Gasteiger charge is 2.10. The zero-order valence-corrected chi connectivity index (χ0v) is 8.72. The first-order valence-corrected chi connectivity index (χ1v) is 4.85. The largest absolute Gasteiger partial charge is 0.438 e. The fourth-order valence-electron chi connectivity index (χ4n) is 1.28. The lowest BCUT2D eigenvalue weighted by Gasteiger charge is -2.18. The Labute approximate surface area is 93.5 Å².